The Hall–Kier alpha value is -1.90. The molecule has 2 heterocycles. The van der Waals surface area contributed by atoms with E-state index in [-0.39, 0.29) is 0 Å². The van der Waals surface area contributed by atoms with E-state index in [9.17, 15) is 0 Å². The van der Waals surface area contributed by atoms with E-state index in [4.69, 9.17) is 0 Å². The van der Waals surface area contributed by atoms with Gasteiger partial charge in [0, 0.05) is 43.2 Å². The Morgan fingerprint density at radius 3 is 1.41 bits per heavy atom. The van der Waals surface area contributed by atoms with E-state index in [1.165, 1.54) is 33.7 Å². The number of hydrogen-bond donors (Lipinski definition) is 0. The summed E-state index contributed by atoms with van der Waals surface area (Å²) < 4.78 is 0. The van der Waals surface area contributed by atoms with E-state index in [0.717, 1.165) is 0 Å². The lowest BCUT2D eigenvalue weighted by atomic mass is 9.61. The van der Waals surface area contributed by atoms with Crippen LogP contribution in [0.2, 0.25) is 0 Å². The summed E-state index contributed by atoms with van der Waals surface area (Å²) in [5.74, 6) is 2.40. The normalized spacial score (nSPS) is 29.9. The summed E-state index contributed by atoms with van der Waals surface area (Å²) in [5.41, 5.74) is 6.69. The third kappa shape index (κ3) is 2.66. The van der Waals surface area contributed by atoms with E-state index >= 15 is 0 Å². The number of thiophene rings is 2. The van der Waals surface area contributed by atoms with Gasteiger partial charge < -0.3 is 0 Å². The third-order valence-corrected chi connectivity index (χ3v) is 11.3. The van der Waals surface area contributed by atoms with E-state index < -0.39 is 0 Å². The highest BCUT2D eigenvalue weighted by Crippen LogP contribution is 2.59. The largest absolute Gasteiger partial charge is 0.139 e. The molecule has 0 fully saturated rings. The Morgan fingerprint density at radius 1 is 0.625 bits per heavy atom. The summed E-state index contributed by atoms with van der Waals surface area (Å²) >= 11 is 4.06. The molecule has 4 atom stereocenters. The van der Waals surface area contributed by atoms with Crippen LogP contribution in [0, 0.1) is 10.8 Å². The number of allylic oxidation sites excluding steroid dienone is 4. The van der Waals surface area contributed by atoms with E-state index in [1.807, 2.05) is 22.7 Å². The summed E-state index contributed by atoms with van der Waals surface area (Å²) in [4.78, 5) is 6.11. The average Bonchev–Trinajstić information content (AvgIpc) is 3.40. The van der Waals surface area contributed by atoms with Crippen molar-refractivity contribution in [2.24, 2.45) is 10.8 Å². The minimum Gasteiger partial charge on any atom is -0.139 e. The van der Waals surface area contributed by atoms with Gasteiger partial charge in [-0.15, -0.1) is 22.7 Å². The second-order valence-corrected chi connectivity index (χ2v) is 13.9. The highest BCUT2D eigenvalue weighted by molar-refractivity contribution is 7.16. The lowest BCUT2D eigenvalue weighted by Gasteiger charge is -2.44. The van der Waals surface area contributed by atoms with Gasteiger partial charge in [0.05, 0.1) is 0 Å². The van der Waals surface area contributed by atoms with E-state index in [2.05, 4.69) is 88.4 Å². The second kappa shape index (κ2) is 6.36. The first-order chi connectivity index (χ1) is 15.3. The SMILES string of the molecule is CC1(C)CC2C=CC1c1cc(-c3ccc(-c4cc5c(s4)C4C=CC5C(C)(C)C4)cc3)sc12. The maximum absolute atomic E-state index is 2.49. The van der Waals surface area contributed by atoms with Crippen LogP contribution in [-0.4, -0.2) is 0 Å². The molecule has 3 aromatic rings. The van der Waals surface area contributed by atoms with Crippen molar-refractivity contribution < 1.29 is 0 Å². The zero-order chi connectivity index (χ0) is 21.8. The topological polar surface area (TPSA) is 0 Å². The average molecular weight is 455 g/mol. The van der Waals surface area contributed by atoms with Crippen molar-refractivity contribution >= 4 is 22.7 Å². The summed E-state index contributed by atoms with van der Waals surface area (Å²) in [5, 5.41) is 0. The van der Waals surface area contributed by atoms with Gasteiger partial charge >= 0.3 is 0 Å². The smallest absolute Gasteiger partial charge is 0.0348 e. The minimum atomic E-state index is 0.385. The molecular weight excluding hydrogens is 424 g/mol. The Bertz CT molecular complexity index is 1190. The Morgan fingerprint density at radius 2 is 1.03 bits per heavy atom. The van der Waals surface area contributed by atoms with Crippen LogP contribution in [0.3, 0.4) is 0 Å². The summed E-state index contributed by atoms with van der Waals surface area (Å²) in [6.07, 6.45) is 12.4. The number of fused-ring (bicyclic) bond motifs is 2. The van der Waals surface area contributed by atoms with Crippen LogP contribution in [-0.2, 0) is 0 Å². The van der Waals surface area contributed by atoms with Gasteiger partial charge in [-0.3, -0.25) is 0 Å². The molecule has 32 heavy (non-hydrogen) atoms. The molecule has 0 saturated heterocycles. The molecule has 162 valence electrons. The van der Waals surface area contributed by atoms with Crippen molar-refractivity contribution in [2.45, 2.75) is 64.2 Å². The molecule has 2 aromatic heterocycles. The fourth-order valence-corrected chi connectivity index (χ4v) is 9.52. The van der Waals surface area contributed by atoms with Crippen LogP contribution in [0.4, 0.5) is 0 Å². The molecule has 4 unspecified atom stereocenters. The van der Waals surface area contributed by atoms with Crippen molar-refractivity contribution in [1.82, 2.24) is 0 Å². The molecule has 0 aliphatic heterocycles. The van der Waals surface area contributed by atoms with Crippen LogP contribution in [0.25, 0.3) is 20.9 Å². The van der Waals surface area contributed by atoms with Crippen LogP contribution in [0.1, 0.15) is 85.1 Å². The van der Waals surface area contributed by atoms with Crippen LogP contribution in [0.5, 0.6) is 0 Å². The van der Waals surface area contributed by atoms with Gasteiger partial charge in [0.15, 0.2) is 0 Å². The maximum Gasteiger partial charge on any atom is 0.0348 e. The van der Waals surface area contributed by atoms with Gasteiger partial charge in [-0.1, -0.05) is 76.3 Å². The first kappa shape index (κ1) is 19.6. The number of benzene rings is 1. The standard InChI is InChI=1S/C30H30S2/c1-29(2)15-19-9-11-23(29)21-13-25(31-27(19)21)17-5-7-18(8-6-17)26-14-22-24-12-10-20(28(22)32-26)16-30(24,3)4/h5-14,19-20,23-24H,15-16H2,1-4H3. The molecule has 0 amide bonds. The second-order valence-electron chi connectivity index (χ2n) is 11.8. The van der Waals surface area contributed by atoms with E-state index in [1.54, 1.807) is 20.9 Å². The molecule has 1 aromatic carbocycles. The first-order valence-electron chi connectivity index (χ1n) is 12.0. The fourth-order valence-electron chi connectivity index (χ4n) is 6.93. The highest BCUT2D eigenvalue weighted by atomic mass is 32.1. The molecule has 9 rings (SSSR count). The quantitative estimate of drug-likeness (QED) is 0.338. The summed E-state index contributed by atoms with van der Waals surface area (Å²) in [6, 6.07) is 14.4. The molecule has 6 aliphatic rings. The lowest BCUT2D eigenvalue weighted by molar-refractivity contribution is 0.254. The minimum absolute atomic E-state index is 0.385. The Labute approximate surface area is 199 Å². The lowest BCUT2D eigenvalue weighted by Crippen LogP contribution is -2.31. The molecule has 4 bridgehead atoms. The molecule has 0 N–H and O–H groups in total. The third-order valence-electron chi connectivity index (χ3n) is 8.63. The predicted octanol–water partition coefficient (Wildman–Crippen LogP) is 9.48. The number of rotatable bonds is 2. The van der Waals surface area contributed by atoms with Crippen molar-refractivity contribution in [3.8, 4) is 20.9 Å². The molecule has 0 radical (unpaired) electrons. The monoisotopic (exact) mass is 454 g/mol. The zero-order valence-electron chi connectivity index (χ0n) is 19.3. The van der Waals surface area contributed by atoms with E-state index in [0.29, 0.717) is 34.5 Å². The summed E-state index contributed by atoms with van der Waals surface area (Å²) in [6.45, 7) is 9.75. The first-order valence-corrected chi connectivity index (χ1v) is 13.7. The molecule has 2 heteroatoms. The maximum atomic E-state index is 2.49. The fraction of sp³-hybridized carbons (Fsp3) is 0.400. The Kier molecular flexibility index (Phi) is 3.89. The van der Waals surface area contributed by atoms with Gasteiger partial charge in [-0.25, -0.2) is 0 Å². The molecule has 0 spiro atoms. The van der Waals surface area contributed by atoms with Gasteiger partial charge in [0.2, 0.25) is 0 Å². The molecule has 0 nitrogen and oxygen atoms in total. The van der Waals surface area contributed by atoms with Crippen LogP contribution in [0.15, 0.2) is 60.7 Å². The molecule has 0 saturated carbocycles. The van der Waals surface area contributed by atoms with Crippen molar-refractivity contribution in [1.29, 1.82) is 0 Å². The van der Waals surface area contributed by atoms with Gasteiger partial charge in [0.1, 0.15) is 0 Å². The van der Waals surface area contributed by atoms with Crippen molar-refractivity contribution in [3.05, 3.63) is 81.6 Å². The van der Waals surface area contributed by atoms with Crippen LogP contribution >= 0.6 is 22.7 Å². The van der Waals surface area contributed by atoms with Crippen molar-refractivity contribution in [3.63, 3.8) is 0 Å². The molecule has 6 aliphatic carbocycles. The van der Waals surface area contributed by atoms with Gasteiger partial charge in [-0.05, 0) is 58.1 Å². The highest BCUT2D eigenvalue weighted by Gasteiger charge is 2.44. The Balaban J connectivity index is 1.21. The van der Waals surface area contributed by atoms with Crippen LogP contribution < -0.4 is 0 Å². The van der Waals surface area contributed by atoms with Crippen molar-refractivity contribution in [2.75, 3.05) is 0 Å². The van der Waals surface area contributed by atoms with Gasteiger partial charge in [-0.2, -0.15) is 0 Å². The zero-order valence-corrected chi connectivity index (χ0v) is 20.9. The number of hydrogen-bond acceptors (Lipinski definition) is 2. The van der Waals surface area contributed by atoms with Gasteiger partial charge in [0.25, 0.3) is 0 Å². The predicted molar refractivity (Wildman–Crippen MR) is 139 cm³/mol. The summed E-state index contributed by atoms with van der Waals surface area (Å²) in [7, 11) is 0. The molecular formula is C30H30S2.